The largest absolute Gasteiger partial charge is 0.484 e. The number of anilines is 1. The van der Waals surface area contributed by atoms with Crippen LogP contribution in [0.4, 0.5) is 27.6 Å². The predicted molar refractivity (Wildman–Crippen MR) is 136 cm³/mol. The fourth-order valence-electron chi connectivity index (χ4n) is 4.40. The summed E-state index contributed by atoms with van der Waals surface area (Å²) in [7, 11) is 1.58. The highest BCUT2D eigenvalue weighted by atomic mass is 19.4. The molecule has 0 saturated carbocycles. The number of halogens is 5. The van der Waals surface area contributed by atoms with E-state index in [0.29, 0.717) is 23.6 Å². The van der Waals surface area contributed by atoms with Crippen LogP contribution in [0.1, 0.15) is 15.9 Å². The molecule has 210 valence electrons. The Balaban J connectivity index is 1.50. The number of amides is 2. The van der Waals surface area contributed by atoms with Crippen LogP contribution < -0.4 is 10.1 Å². The first-order valence-electron chi connectivity index (χ1n) is 12.1. The minimum atomic E-state index is -4.54. The number of alkyl halides is 3. The molecular formula is C28H24F5N3O4. The third-order valence-corrected chi connectivity index (χ3v) is 6.43. The maximum absolute atomic E-state index is 13.6. The number of carbonyl (C=O) groups is 3. The molecular weight excluding hydrogens is 537 g/mol. The maximum Gasteiger partial charge on any atom is 0.416 e. The first-order valence-corrected chi connectivity index (χ1v) is 12.1. The van der Waals surface area contributed by atoms with Crippen LogP contribution in [0, 0.1) is 11.6 Å². The van der Waals surface area contributed by atoms with Crippen molar-refractivity contribution in [2.45, 2.75) is 12.2 Å². The molecule has 0 spiro atoms. The summed E-state index contributed by atoms with van der Waals surface area (Å²) in [6.07, 6.45) is -4.01. The Labute approximate surface area is 226 Å². The number of nitrogens with zero attached hydrogens (tertiary/aromatic N) is 2. The van der Waals surface area contributed by atoms with Crippen LogP contribution in [0.3, 0.4) is 0 Å². The van der Waals surface area contributed by atoms with E-state index < -0.39 is 47.8 Å². The number of aldehydes is 1. The molecule has 2 amide bonds. The zero-order valence-corrected chi connectivity index (χ0v) is 21.2. The normalized spacial score (nSPS) is 15.5. The van der Waals surface area contributed by atoms with E-state index in [1.807, 2.05) is 0 Å². The molecule has 1 N–H and O–H groups in total. The molecule has 1 aliphatic heterocycles. The van der Waals surface area contributed by atoms with Gasteiger partial charge in [0.2, 0.25) is 0 Å². The lowest BCUT2D eigenvalue weighted by molar-refractivity contribution is -0.138. The Morgan fingerprint density at radius 1 is 1.00 bits per heavy atom. The van der Waals surface area contributed by atoms with Gasteiger partial charge < -0.3 is 24.6 Å². The van der Waals surface area contributed by atoms with Gasteiger partial charge in [0.25, 0.3) is 11.8 Å². The van der Waals surface area contributed by atoms with Crippen molar-refractivity contribution in [3.63, 3.8) is 0 Å². The highest BCUT2D eigenvalue weighted by Gasteiger charge is 2.34. The van der Waals surface area contributed by atoms with Crippen LogP contribution in [0.5, 0.6) is 5.75 Å². The molecule has 12 heteroatoms. The Bertz CT molecular complexity index is 1410. The van der Waals surface area contributed by atoms with E-state index in [0.717, 1.165) is 24.3 Å². The standard InChI is InChI=1S/C28H24F5N3O4/c1-34-25-6-5-18(17-3-2-4-19(9-17)28(31,32)33)10-24(25)27(39)36-8-7-35(14-22(36)15-37)26(38)16-40-23-12-20(29)11-21(30)13-23/h2-6,9-13,15,22,34H,7-8,14,16H2,1H3. The summed E-state index contributed by atoms with van der Waals surface area (Å²) in [4.78, 5) is 40.7. The third kappa shape index (κ3) is 6.38. The minimum absolute atomic E-state index is 0.0144. The Kier molecular flexibility index (Phi) is 8.36. The summed E-state index contributed by atoms with van der Waals surface area (Å²) in [6, 6.07) is 10.8. The fourth-order valence-corrected chi connectivity index (χ4v) is 4.40. The van der Waals surface area contributed by atoms with E-state index in [-0.39, 0.29) is 36.5 Å². The first kappa shape index (κ1) is 28.5. The number of ether oxygens (including phenoxy) is 1. The monoisotopic (exact) mass is 561 g/mol. The van der Waals surface area contributed by atoms with Crippen molar-refractivity contribution in [3.05, 3.63) is 83.4 Å². The van der Waals surface area contributed by atoms with E-state index in [2.05, 4.69) is 5.32 Å². The second-order valence-corrected chi connectivity index (χ2v) is 9.02. The summed E-state index contributed by atoms with van der Waals surface area (Å²) in [5.41, 5.74) is 0.340. The molecule has 0 aromatic heterocycles. The van der Waals surface area contributed by atoms with Crippen molar-refractivity contribution >= 4 is 23.8 Å². The topological polar surface area (TPSA) is 79.0 Å². The maximum atomic E-state index is 13.6. The van der Waals surface area contributed by atoms with Gasteiger partial charge in [-0.05, 0) is 35.4 Å². The van der Waals surface area contributed by atoms with Crippen molar-refractivity contribution in [1.29, 1.82) is 0 Å². The van der Waals surface area contributed by atoms with Crippen LogP contribution in [-0.4, -0.2) is 67.2 Å². The summed E-state index contributed by atoms with van der Waals surface area (Å²) >= 11 is 0. The fraction of sp³-hybridized carbons (Fsp3) is 0.250. The second kappa shape index (κ2) is 11.7. The van der Waals surface area contributed by atoms with Gasteiger partial charge in [-0.15, -0.1) is 0 Å². The summed E-state index contributed by atoms with van der Waals surface area (Å²) in [6.45, 7) is -0.639. The molecule has 4 rings (SSSR count). The number of carbonyl (C=O) groups excluding carboxylic acids is 3. The van der Waals surface area contributed by atoms with Crippen molar-refractivity contribution in [3.8, 4) is 16.9 Å². The minimum Gasteiger partial charge on any atom is -0.484 e. The zero-order chi connectivity index (χ0) is 29.0. The first-order chi connectivity index (χ1) is 19.0. The molecule has 0 aliphatic carbocycles. The van der Waals surface area contributed by atoms with Crippen LogP contribution in [0.15, 0.2) is 60.7 Å². The molecule has 40 heavy (non-hydrogen) atoms. The van der Waals surface area contributed by atoms with Gasteiger partial charge in [0.1, 0.15) is 29.7 Å². The number of hydrogen-bond acceptors (Lipinski definition) is 5. The van der Waals surface area contributed by atoms with Crippen LogP contribution in [-0.2, 0) is 15.8 Å². The molecule has 1 fully saturated rings. The SMILES string of the molecule is CNc1ccc(-c2cccc(C(F)(F)F)c2)cc1C(=O)N1CCN(C(=O)COc2cc(F)cc(F)c2)CC1C=O. The molecule has 1 saturated heterocycles. The molecule has 3 aromatic carbocycles. The molecule has 0 radical (unpaired) electrons. The van der Waals surface area contributed by atoms with Crippen molar-refractivity contribution in [2.75, 3.05) is 38.6 Å². The molecule has 1 unspecified atom stereocenters. The van der Waals surface area contributed by atoms with Gasteiger partial charge in [-0.1, -0.05) is 18.2 Å². The Morgan fingerprint density at radius 2 is 1.70 bits per heavy atom. The molecule has 0 bridgehead atoms. The molecule has 7 nitrogen and oxygen atoms in total. The highest BCUT2D eigenvalue weighted by molar-refractivity contribution is 6.02. The van der Waals surface area contributed by atoms with Gasteiger partial charge in [-0.2, -0.15) is 13.2 Å². The number of rotatable bonds is 7. The second-order valence-electron chi connectivity index (χ2n) is 9.02. The van der Waals surface area contributed by atoms with E-state index in [9.17, 15) is 36.3 Å². The van der Waals surface area contributed by atoms with Gasteiger partial charge in [0.15, 0.2) is 6.61 Å². The summed E-state index contributed by atoms with van der Waals surface area (Å²) in [5, 5.41) is 2.88. The quantitative estimate of drug-likeness (QED) is 0.337. The number of nitrogens with one attached hydrogen (secondary N) is 1. The number of piperazine rings is 1. The van der Waals surface area contributed by atoms with Gasteiger partial charge in [-0.25, -0.2) is 8.78 Å². The van der Waals surface area contributed by atoms with E-state index in [1.54, 1.807) is 19.2 Å². The lowest BCUT2D eigenvalue weighted by Crippen LogP contribution is -2.58. The van der Waals surface area contributed by atoms with Crippen LogP contribution in [0.25, 0.3) is 11.1 Å². The van der Waals surface area contributed by atoms with E-state index in [4.69, 9.17) is 4.74 Å². The van der Waals surface area contributed by atoms with Crippen molar-refractivity contribution < 1.29 is 41.1 Å². The lowest BCUT2D eigenvalue weighted by Gasteiger charge is -2.39. The highest BCUT2D eigenvalue weighted by Crippen LogP contribution is 2.33. The smallest absolute Gasteiger partial charge is 0.416 e. The number of benzene rings is 3. The van der Waals surface area contributed by atoms with E-state index >= 15 is 0 Å². The van der Waals surface area contributed by atoms with Gasteiger partial charge in [0, 0.05) is 50.6 Å². The Morgan fingerprint density at radius 3 is 2.35 bits per heavy atom. The molecule has 1 aliphatic rings. The van der Waals surface area contributed by atoms with Gasteiger partial charge >= 0.3 is 6.18 Å². The lowest BCUT2D eigenvalue weighted by atomic mass is 9.98. The molecule has 1 heterocycles. The Hall–Kier alpha value is -4.48. The van der Waals surface area contributed by atoms with Crippen molar-refractivity contribution in [2.24, 2.45) is 0 Å². The summed E-state index contributed by atoms with van der Waals surface area (Å²) in [5.74, 6) is -3.01. The average molecular weight is 562 g/mol. The average Bonchev–Trinajstić information content (AvgIpc) is 2.94. The molecule has 3 aromatic rings. The number of hydrogen-bond donors (Lipinski definition) is 1. The van der Waals surface area contributed by atoms with Gasteiger partial charge in [-0.3, -0.25) is 9.59 Å². The van der Waals surface area contributed by atoms with Gasteiger partial charge in [0.05, 0.1) is 11.1 Å². The van der Waals surface area contributed by atoms with E-state index in [1.165, 1.54) is 28.0 Å². The van der Waals surface area contributed by atoms with Crippen LogP contribution >= 0.6 is 0 Å². The van der Waals surface area contributed by atoms with Crippen LogP contribution in [0.2, 0.25) is 0 Å². The molecule has 1 atom stereocenters. The third-order valence-electron chi connectivity index (χ3n) is 6.43. The summed E-state index contributed by atoms with van der Waals surface area (Å²) < 4.78 is 71.6. The predicted octanol–water partition coefficient (Wildman–Crippen LogP) is 4.62. The van der Waals surface area contributed by atoms with Crippen molar-refractivity contribution in [1.82, 2.24) is 9.80 Å². The zero-order valence-electron chi connectivity index (χ0n) is 21.2.